The first-order valence-corrected chi connectivity index (χ1v) is 15.2. The summed E-state index contributed by atoms with van der Waals surface area (Å²) in [5.74, 6) is 0.570. The van der Waals surface area contributed by atoms with E-state index in [4.69, 9.17) is 9.47 Å². The molecule has 8 nitrogen and oxygen atoms in total. The number of carbonyl (C=O) groups excluding carboxylic acids is 1. The van der Waals surface area contributed by atoms with E-state index in [9.17, 15) is 18.0 Å². The van der Waals surface area contributed by atoms with Gasteiger partial charge in [0.1, 0.15) is 5.75 Å². The number of benzene rings is 1. The fourth-order valence-electron chi connectivity index (χ4n) is 6.81. The maximum atomic E-state index is 13.9. The minimum Gasteiger partial charge on any atom is -0.496 e. The normalized spacial score (nSPS) is 20.7. The van der Waals surface area contributed by atoms with Gasteiger partial charge in [0.05, 0.1) is 31.6 Å². The summed E-state index contributed by atoms with van der Waals surface area (Å²) in [7, 11) is 3.73. The van der Waals surface area contributed by atoms with Crippen LogP contribution in [0.1, 0.15) is 45.7 Å². The van der Waals surface area contributed by atoms with Crippen LogP contribution >= 0.6 is 0 Å². The van der Waals surface area contributed by atoms with Gasteiger partial charge in [-0.1, -0.05) is 12.1 Å². The van der Waals surface area contributed by atoms with E-state index >= 15 is 0 Å². The van der Waals surface area contributed by atoms with Crippen molar-refractivity contribution in [3.8, 4) is 5.75 Å². The van der Waals surface area contributed by atoms with Gasteiger partial charge in [0, 0.05) is 99.3 Å². The van der Waals surface area contributed by atoms with Crippen LogP contribution in [0.15, 0.2) is 30.3 Å². The number of allylic oxidation sites excluding steroid dienone is 2. The van der Waals surface area contributed by atoms with Crippen molar-refractivity contribution < 1.29 is 27.4 Å². The lowest BCUT2D eigenvalue weighted by Crippen LogP contribution is -2.52. The second-order valence-corrected chi connectivity index (χ2v) is 11.9. The van der Waals surface area contributed by atoms with Crippen molar-refractivity contribution in [3.05, 3.63) is 58.4 Å². The Morgan fingerprint density at radius 2 is 1.74 bits per heavy atom. The van der Waals surface area contributed by atoms with Gasteiger partial charge in [-0.25, -0.2) is 0 Å². The molecule has 3 saturated heterocycles. The van der Waals surface area contributed by atoms with Crippen LogP contribution in [0.4, 0.5) is 18.9 Å². The Morgan fingerprint density at radius 1 is 1.02 bits per heavy atom. The lowest BCUT2D eigenvalue weighted by atomic mass is 9.99. The van der Waals surface area contributed by atoms with Gasteiger partial charge in [-0.05, 0) is 38.1 Å². The molecular weight excluding hydrogens is 559 g/mol. The first kappa shape index (κ1) is 29.9. The van der Waals surface area contributed by atoms with Crippen molar-refractivity contribution in [2.75, 3.05) is 84.6 Å². The standard InChI is InChI=1S/C32H40F3N5O3/c1-37-11-13-38(14-12-37)25-7-9-40(10-8-25)31(41)23-4-3-22(29(20-23)42-2)19-24-21-28(39-15-17-43-18-16-39)30-26(32(33,34)35)5-6-27(30)36-24/h3-5,20-21,25H,6-19H2,1-2H3. The third-order valence-electron chi connectivity index (χ3n) is 9.26. The van der Waals surface area contributed by atoms with Crippen LogP contribution in [0.2, 0.25) is 0 Å². The van der Waals surface area contributed by atoms with E-state index in [1.807, 2.05) is 21.9 Å². The molecule has 1 aliphatic carbocycles. The van der Waals surface area contributed by atoms with Gasteiger partial charge in [0.25, 0.3) is 5.91 Å². The SMILES string of the molecule is COc1cc(C(=O)N2CCC(N3CCN(C)CC3)CC2)ccc1Cc1cc(N2CCOCC2)c2c(n1)CC=C2C(F)(F)F. The number of methoxy groups -OCH3 is 1. The lowest BCUT2D eigenvalue weighted by Gasteiger charge is -2.42. The van der Waals surface area contributed by atoms with Crippen LogP contribution < -0.4 is 9.64 Å². The topological polar surface area (TPSA) is 61.4 Å². The molecule has 4 aliphatic rings. The Kier molecular flexibility index (Phi) is 8.66. The van der Waals surface area contributed by atoms with Crippen molar-refractivity contribution in [2.24, 2.45) is 0 Å². The number of morpholine rings is 1. The van der Waals surface area contributed by atoms with Crippen LogP contribution in [0.3, 0.4) is 0 Å². The highest BCUT2D eigenvalue weighted by molar-refractivity contribution is 5.95. The number of anilines is 1. The molecule has 11 heteroatoms. The highest BCUT2D eigenvalue weighted by Crippen LogP contribution is 2.44. The molecule has 1 aromatic carbocycles. The van der Waals surface area contributed by atoms with E-state index in [1.54, 1.807) is 19.2 Å². The summed E-state index contributed by atoms with van der Waals surface area (Å²) >= 11 is 0. The summed E-state index contributed by atoms with van der Waals surface area (Å²) in [5, 5.41) is 0. The number of rotatable bonds is 6. The second kappa shape index (κ2) is 12.5. The Morgan fingerprint density at radius 3 is 2.42 bits per heavy atom. The van der Waals surface area contributed by atoms with Crippen molar-refractivity contribution in [2.45, 2.75) is 37.9 Å². The zero-order chi connectivity index (χ0) is 30.1. The molecule has 3 fully saturated rings. The second-order valence-electron chi connectivity index (χ2n) is 11.9. The Hall–Kier alpha value is -3.15. The summed E-state index contributed by atoms with van der Waals surface area (Å²) < 4.78 is 52.9. The first-order chi connectivity index (χ1) is 20.7. The van der Waals surface area contributed by atoms with Crippen molar-refractivity contribution in [1.29, 1.82) is 0 Å². The highest BCUT2D eigenvalue weighted by Gasteiger charge is 2.41. The van der Waals surface area contributed by atoms with Gasteiger partial charge in [-0.2, -0.15) is 13.2 Å². The van der Waals surface area contributed by atoms with Crippen LogP contribution in [0, 0.1) is 0 Å². The predicted molar refractivity (Wildman–Crippen MR) is 159 cm³/mol. The van der Waals surface area contributed by atoms with E-state index in [2.05, 4.69) is 21.8 Å². The lowest BCUT2D eigenvalue weighted by molar-refractivity contribution is -0.0687. The number of nitrogens with zero attached hydrogens (tertiary/aromatic N) is 5. The Labute approximate surface area is 251 Å². The average molecular weight is 600 g/mol. The van der Waals surface area contributed by atoms with E-state index in [0.29, 0.717) is 67.2 Å². The third kappa shape index (κ3) is 6.39. The molecule has 0 radical (unpaired) electrons. The van der Waals surface area contributed by atoms with Crippen molar-refractivity contribution >= 4 is 17.2 Å². The molecule has 1 aromatic heterocycles. The number of pyridine rings is 1. The predicted octanol–water partition coefficient (Wildman–Crippen LogP) is 3.87. The molecule has 232 valence electrons. The minimum atomic E-state index is -4.44. The summed E-state index contributed by atoms with van der Waals surface area (Å²) in [5.41, 5.74) is 2.63. The smallest absolute Gasteiger partial charge is 0.416 e. The Bertz CT molecular complexity index is 1360. The van der Waals surface area contributed by atoms with E-state index in [0.717, 1.165) is 57.7 Å². The third-order valence-corrected chi connectivity index (χ3v) is 9.26. The number of halogens is 3. The number of piperidine rings is 1. The highest BCUT2D eigenvalue weighted by atomic mass is 19.4. The summed E-state index contributed by atoms with van der Waals surface area (Å²) in [6.07, 6.45) is -0.733. The number of likely N-dealkylation sites (tertiary alicyclic amines) is 1. The average Bonchev–Trinajstić information content (AvgIpc) is 3.46. The van der Waals surface area contributed by atoms with E-state index in [1.165, 1.54) is 6.08 Å². The van der Waals surface area contributed by atoms with Crippen molar-refractivity contribution in [3.63, 3.8) is 0 Å². The van der Waals surface area contributed by atoms with Gasteiger partial charge in [0.15, 0.2) is 0 Å². The molecule has 3 aliphatic heterocycles. The molecule has 4 heterocycles. The minimum absolute atomic E-state index is 0.00214. The van der Waals surface area contributed by atoms with Crippen molar-refractivity contribution in [1.82, 2.24) is 19.7 Å². The molecule has 0 spiro atoms. The van der Waals surface area contributed by atoms with Gasteiger partial charge in [-0.15, -0.1) is 0 Å². The summed E-state index contributed by atoms with van der Waals surface area (Å²) in [4.78, 5) is 26.9. The summed E-state index contributed by atoms with van der Waals surface area (Å²) in [6.45, 7) is 7.79. The van der Waals surface area contributed by atoms with Crippen LogP contribution in [-0.4, -0.2) is 118 Å². The fraction of sp³-hybridized carbons (Fsp3) is 0.562. The van der Waals surface area contributed by atoms with Gasteiger partial charge >= 0.3 is 6.18 Å². The maximum absolute atomic E-state index is 13.9. The first-order valence-electron chi connectivity index (χ1n) is 15.2. The van der Waals surface area contributed by atoms with E-state index in [-0.39, 0.29) is 17.9 Å². The quantitative estimate of drug-likeness (QED) is 0.500. The molecule has 6 rings (SSSR count). The number of amides is 1. The number of fused-ring (bicyclic) bond motifs is 1. The molecule has 0 atom stereocenters. The van der Waals surface area contributed by atoms with Crippen LogP contribution in [0.25, 0.3) is 5.57 Å². The molecule has 0 saturated carbocycles. The number of hydrogen-bond acceptors (Lipinski definition) is 7. The van der Waals surface area contributed by atoms with Gasteiger partial charge in [-0.3, -0.25) is 14.7 Å². The molecule has 2 aromatic rings. The largest absolute Gasteiger partial charge is 0.496 e. The maximum Gasteiger partial charge on any atom is 0.416 e. The number of hydrogen-bond donors (Lipinski definition) is 0. The number of alkyl halides is 3. The van der Waals surface area contributed by atoms with Crippen LogP contribution in [0.5, 0.6) is 5.75 Å². The molecular formula is C32H40F3N5O3. The number of aromatic nitrogens is 1. The van der Waals surface area contributed by atoms with Gasteiger partial charge < -0.3 is 24.2 Å². The molecule has 0 bridgehead atoms. The van der Waals surface area contributed by atoms with E-state index < -0.39 is 11.7 Å². The number of carbonyl (C=O) groups is 1. The van der Waals surface area contributed by atoms with Crippen LogP contribution in [-0.2, 0) is 17.6 Å². The fourth-order valence-corrected chi connectivity index (χ4v) is 6.81. The number of likely N-dealkylation sites (N-methyl/N-ethyl adjacent to an activating group) is 1. The Balaban J connectivity index is 1.18. The zero-order valence-electron chi connectivity index (χ0n) is 25.0. The molecule has 1 amide bonds. The zero-order valence-corrected chi connectivity index (χ0v) is 25.0. The summed E-state index contributed by atoms with van der Waals surface area (Å²) in [6, 6.07) is 7.79. The monoisotopic (exact) mass is 599 g/mol. The molecule has 0 N–H and O–H groups in total. The molecule has 43 heavy (non-hydrogen) atoms. The number of piperazine rings is 1. The van der Waals surface area contributed by atoms with Gasteiger partial charge in [0.2, 0.25) is 0 Å². The number of ether oxygens (including phenoxy) is 2. The molecule has 0 unspecified atom stereocenters.